The van der Waals surface area contributed by atoms with E-state index >= 15 is 0 Å². The molecule has 5 rings (SSSR count). The van der Waals surface area contributed by atoms with Crippen LogP contribution in [0.15, 0.2) is 30.7 Å². The maximum Gasteiger partial charge on any atom is 0.416 e. The predicted octanol–water partition coefficient (Wildman–Crippen LogP) is 4.04. The fourth-order valence-corrected chi connectivity index (χ4v) is 4.67. The molecule has 2 aliphatic heterocycles. The highest BCUT2D eigenvalue weighted by atomic mass is 19.4. The third-order valence-electron chi connectivity index (χ3n) is 6.61. The van der Waals surface area contributed by atoms with Crippen molar-refractivity contribution < 1.29 is 17.9 Å². The number of ether oxygens (including phenoxy) is 1. The van der Waals surface area contributed by atoms with Gasteiger partial charge in [-0.2, -0.15) is 18.2 Å². The van der Waals surface area contributed by atoms with Crippen molar-refractivity contribution in [1.82, 2.24) is 29.7 Å². The Morgan fingerprint density at radius 1 is 1.00 bits per heavy atom. The number of aromatic nitrogens is 6. The first kappa shape index (κ1) is 23.5. The van der Waals surface area contributed by atoms with Gasteiger partial charge in [0, 0.05) is 57.4 Å². The number of halogens is 3. The second-order valence-corrected chi connectivity index (χ2v) is 8.98. The third kappa shape index (κ3) is 5.37. The lowest BCUT2D eigenvalue weighted by molar-refractivity contribution is -0.137. The summed E-state index contributed by atoms with van der Waals surface area (Å²) in [4.78, 5) is 15.7. The molecule has 0 spiro atoms. The van der Waals surface area contributed by atoms with Gasteiger partial charge >= 0.3 is 6.18 Å². The summed E-state index contributed by atoms with van der Waals surface area (Å²) in [5, 5.41) is 11.2. The van der Waals surface area contributed by atoms with Crippen LogP contribution in [0.1, 0.15) is 54.6 Å². The minimum atomic E-state index is -4.45. The largest absolute Gasteiger partial charge is 0.416 e. The van der Waals surface area contributed by atoms with Gasteiger partial charge in [-0.15, -0.1) is 10.2 Å². The van der Waals surface area contributed by atoms with Crippen LogP contribution in [0.2, 0.25) is 0 Å². The molecule has 35 heavy (non-hydrogen) atoms. The average Bonchev–Trinajstić information content (AvgIpc) is 3.30. The van der Waals surface area contributed by atoms with Crippen molar-refractivity contribution in [2.45, 2.75) is 43.7 Å². The molecule has 0 radical (unpaired) electrons. The van der Waals surface area contributed by atoms with Gasteiger partial charge in [0.2, 0.25) is 5.95 Å². The Morgan fingerprint density at radius 3 is 2.46 bits per heavy atom. The fraction of sp³-hybridized carbons (Fsp3) is 0.522. The van der Waals surface area contributed by atoms with Crippen LogP contribution in [-0.4, -0.2) is 56.0 Å². The maximum atomic E-state index is 13.2. The van der Waals surface area contributed by atoms with E-state index in [1.807, 2.05) is 17.7 Å². The molecule has 2 aliphatic rings. The maximum absolute atomic E-state index is 13.2. The minimum Gasteiger partial charge on any atom is -0.381 e. The van der Waals surface area contributed by atoms with Crippen molar-refractivity contribution in [2.24, 2.45) is 7.05 Å². The molecule has 186 valence electrons. The summed E-state index contributed by atoms with van der Waals surface area (Å²) in [6.07, 6.45) is 1.85. The summed E-state index contributed by atoms with van der Waals surface area (Å²) < 4.78 is 47.0. The number of pyridine rings is 1. The number of hydrogen-bond donors (Lipinski definition) is 1. The van der Waals surface area contributed by atoms with Gasteiger partial charge in [0.05, 0.1) is 11.3 Å². The van der Waals surface area contributed by atoms with Crippen molar-refractivity contribution in [3.8, 4) is 0 Å². The summed E-state index contributed by atoms with van der Waals surface area (Å²) >= 11 is 0. The van der Waals surface area contributed by atoms with E-state index in [1.54, 1.807) is 6.33 Å². The summed E-state index contributed by atoms with van der Waals surface area (Å²) in [6, 6.07) is 3.75. The Kier molecular flexibility index (Phi) is 6.54. The van der Waals surface area contributed by atoms with Gasteiger partial charge in [0.15, 0.2) is 0 Å². The van der Waals surface area contributed by atoms with Crippen molar-refractivity contribution >= 4 is 17.6 Å². The standard InChI is InChI=1S/C23H27F3N8O/c1-33-14-28-32-21(33)16-3-8-34(9-4-16)22-29-18(15-5-10-35-11-6-15)13-20(31-22)30-19-12-17(2-7-27-19)23(24,25)26/h2,7,12-16H,3-6,8-11H2,1H3,(H,27,29,30,31). The van der Waals surface area contributed by atoms with Crippen LogP contribution in [-0.2, 0) is 18.0 Å². The SMILES string of the molecule is Cn1cnnc1C1CCN(c2nc(Nc3cc(C(F)(F)F)ccn3)cc(C3CCOCC3)n2)CC1. The zero-order valence-corrected chi connectivity index (χ0v) is 19.4. The number of nitrogens with zero attached hydrogens (tertiary/aromatic N) is 7. The summed E-state index contributed by atoms with van der Waals surface area (Å²) in [5.74, 6) is 2.57. The van der Waals surface area contributed by atoms with E-state index < -0.39 is 11.7 Å². The van der Waals surface area contributed by atoms with Gasteiger partial charge in [-0.05, 0) is 37.8 Å². The Morgan fingerprint density at radius 2 is 1.77 bits per heavy atom. The molecule has 0 amide bonds. The topological polar surface area (TPSA) is 93.9 Å². The van der Waals surface area contributed by atoms with E-state index in [-0.39, 0.29) is 11.7 Å². The Hall–Kier alpha value is -3.28. The van der Waals surface area contributed by atoms with Crippen molar-refractivity contribution in [2.75, 3.05) is 36.5 Å². The minimum absolute atomic E-state index is 0.0865. The Labute approximate surface area is 200 Å². The van der Waals surface area contributed by atoms with Crippen LogP contribution in [0.3, 0.4) is 0 Å². The quantitative estimate of drug-likeness (QED) is 0.575. The molecule has 0 saturated carbocycles. The summed E-state index contributed by atoms with van der Waals surface area (Å²) in [6.45, 7) is 2.81. The molecule has 12 heteroatoms. The second kappa shape index (κ2) is 9.76. The van der Waals surface area contributed by atoms with Crippen LogP contribution >= 0.6 is 0 Å². The predicted molar refractivity (Wildman–Crippen MR) is 123 cm³/mol. The van der Waals surface area contributed by atoms with Crippen LogP contribution in [0, 0.1) is 0 Å². The Balaban J connectivity index is 1.39. The van der Waals surface area contributed by atoms with Gasteiger partial charge in [-0.3, -0.25) is 0 Å². The first-order chi connectivity index (χ1) is 16.9. The van der Waals surface area contributed by atoms with E-state index in [0.717, 1.165) is 68.6 Å². The summed E-state index contributed by atoms with van der Waals surface area (Å²) in [5.41, 5.74) is 0.1000. The molecule has 0 atom stereocenters. The number of anilines is 3. The molecule has 0 aliphatic carbocycles. The summed E-state index contributed by atoms with van der Waals surface area (Å²) in [7, 11) is 1.95. The highest BCUT2D eigenvalue weighted by molar-refractivity contribution is 5.55. The molecule has 3 aromatic rings. The molecule has 0 bridgehead atoms. The number of alkyl halides is 3. The zero-order valence-electron chi connectivity index (χ0n) is 19.4. The number of piperidine rings is 1. The van der Waals surface area contributed by atoms with E-state index in [1.165, 1.54) is 0 Å². The fourth-order valence-electron chi connectivity index (χ4n) is 4.67. The van der Waals surface area contributed by atoms with Crippen molar-refractivity contribution in [3.63, 3.8) is 0 Å². The van der Waals surface area contributed by atoms with E-state index in [4.69, 9.17) is 9.72 Å². The van der Waals surface area contributed by atoms with Crippen LogP contribution < -0.4 is 10.2 Å². The lowest BCUT2D eigenvalue weighted by atomic mass is 9.95. The molecule has 0 unspecified atom stereocenters. The highest BCUT2D eigenvalue weighted by Gasteiger charge is 2.31. The molecule has 2 saturated heterocycles. The first-order valence-electron chi connectivity index (χ1n) is 11.7. The van der Waals surface area contributed by atoms with E-state index in [2.05, 4.69) is 30.4 Å². The van der Waals surface area contributed by atoms with Crippen LogP contribution in [0.5, 0.6) is 0 Å². The van der Waals surface area contributed by atoms with Gasteiger partial charge < -0.3 is 19.5 Å². The normalized spacial score (nSPS) is 18.1. The number of hydrogen-bond acceptors (Lipinski definition) is 8. The lowest BCUT2D eigenvalue weighted by Gasteiger charge is -2.32. The third-order valence-corrected chi connectivity index (χ3v) is 6.61. The van der Waals surface area contributed by atoms with Gasteiger partial charge in [-0.1, -0.05) is 0 Å². The lowest BCUT2D eigenvalue weighted by Crippen LogP contribution is -2.35. The smallest absolute Gasteiger partial charge is 0.381 e. The first-order valence-corrected chi connectivity index (χ1v) is 11.7. The number of nitrogens with one attached hydrogen (secondary N) is 1. The molecular weight excluding hydrogens is 461 g/mol. The van der Waals surface area contributed by atoms with Gasteiger partial charge in [0.25, 0.3) is 0 Å². The van der Waals surface area contributed by atoms with Crippen LogP contribution in [0.4, 0.5) is 30.8 Å². The van der Waals surface area contributed by atoms with Crippen LogP contribution in [0.25, 0.3) is 0 Å². The molecule has 1 N–H and O–H groups in total. The van der Waals surface area contributed by atoms with E-state index in [0.29, 0.717) is 30.9 Å². The monoisotopic (exact) mass is 488 g/mol. The second-order valence-electron chi connectivity index (χ2n) is 8.98. The Bertz CT molecular complexity index is 1150. The molecule has 0 aromatic carbocycles. The highest BCUT2D eigenvalue weighted by Crippen LogP contribution is 2.33. The number of rotatable bonds is 5. The van der Waals surface area contributed by atoms with Gasteiger partial charge in [0.1, 0.15) is 23.8 Å². The molecule has 9 nitrogen and oxygen atoms in total. The van der Waals surface area contributed by atoms with Gasteiger partial charge in [-0.25, -0.2) is 9.97 Å². The zero-order chi connectivity index (χ0) is 24.4. The number of aryl methyl sites for hydroxylation is 1. The van der Waals surface area contributed by atoms with Crippen molar-refractivity contribution in [1.29, 1.82) is 0 Å². The molecule has 3 aromatic heterocycles. The molecular formula is C23H27F3N8O. The van der Waals surface area contributed by atoms with E-state index in [9.17, 15) is 13.2 Å². The van der Waals surface area contributed by atoms with Crippen molar-refractivity contribution in [3.05, 3.63) is 47.8 Å². The average molecular weight is 489 g/mol. The molecule has 5 heterocycles. The molecule has 2 fully saturated rings.